The fourth-order valence-corrected chi connectivity index (χ4v) is 7.21. The number of unbranched alkanes of at least 4 members (excludes halogenated alkanes) is 31. The lowest BCUT2D eigenvalue weighted by atomic mass is 10.0. The third-order valence-electron chi connectivity index (χ3n) is 10.3. The Morgan fingerprint density at radius 2 is 0.689 bits per heavy atom. The van der Waals surface area contributed by atoms with Gasteiger partial charge in [0.2, 0.25) is 0 Å². The minimum atomic E-state index is 1.23. The van der Waals surface area contributed by atoms with Crippen molar-refractivity contribution in [3.63, 3.8) is 0 Å². The number of hydrogen-bond donors (Lipinski definition) is 0. The lowest BCUT2D eigenvalue weighted by molar-refractivity contribution is -0.704. The summed E-state index contributed by atoms with van der Waals surface area (Å²) in [6.07, 6.45) is 54.9. The zero-order valence-electron chi connectivity index (χ0n) is 31.7. The molecule has 0 aromatic carbocycles. The van der Waals surface area contributed by atoms with E-state index in [-0.39, 0.29) is 0 Å². The van der Waals surface area contributed by atoms with Crippen molar-refractivity contribution in [1.82, 2.24) is 4.57 Å². The molecule has 0 saturated heterocycles. The van der Waals surface area contributed by atoms with Crippen molar-refractivity contribution in [2.24, 2.45) is 0 Å². The van der Waals surface area contributed by atoms with Crippen molar-refractivity contribution in [1.29, 1.82) is 0 Å². The maximum absolute atomic E-state index is 2.64. The van der Waals surface area contributed by atoms with Crippen LogP contribution in [0.5, 0.6) is 0 Å². The fourth-order valence-electron chi connectivity index (χ4n) is 7.21. The Labute approximate surface area is 285 Å². The largest absolute Gasteiger partial charge is 0.256 e. The summed E-state index contributed by atoms with van der Waals surface area (Å²) < 4.78 is 5.28. The van der Waals surface area contributed by atoms with E-state index >= 15 is 0 Å². The first kappa shape index (κ1) is 42.2. The maximum atomic E-state index is 2.64. The van der Waals surface area contributed by atoms with Crippen LogP contribution in [-0.4, -0.2) is 4.57 Å². The van der Waals surface area contributed by atoms with Crippen LogP contribution >= 0.6 is 0 Å². The number of nitrogens with zero attached hydrogens (tertiary/aromatic N) is 2. The molecule has 0 fully saturated rings. The molecule has 0 spiro atoms. The number of aromatic nitrogens is 2. The number of hydrogen-bond acceptors (Lipinski definition) is 0. The molecule has 0 atom stereocenters. The molecular weight excluding hydrogens is 544 g/mol. The van der Waals surface area contributed by atoms with Gasteiger partial charge >= 0.3 is 0 Å². The normalized spacial score (nSPS) is 11.6. The van der Waals surface area contributed by atoms with Gasteiger partial charge < -0.3 is 0 Å². The van der Waals surface area contributed by atoms with Crippen LogP contribution in [0, 0.1) is 0 Å². The monoisotopic (exact) mass is 630 g/mol. The Balaban J connectivity index is 2.24. The Bertz CT molecular complexity index is 692. The zero-order valence-corrected chi connectivity index (χ0v) is 31.7. The molecule has 0 aliphatic heterocycles. The van der Waals surface area contributed by atoms with E-state index in [0.717, 1.165) is 0 Å². The molecule has 2 heteroatoms. The van der Waals surface area contributed by atoms with Gasteiger partial charge in [-0.1, -0.05) is 207 Å². The molecule has 0 unspecified atom stereocenters. The summed E-state index contributed by atoms with van der Waals surface area (Å²) in [7, 11) is 0. The summed E-state index contributed by atoms with van der Waals surface area (Å²) in [5.41, 5.74) is 0. The number of aryl methyl sites for hydroxylation is 2. The third-order valence-corrected chi connectivity index (χ3v) is 10.3. The predicted molar refractivity (Wildman–Crippen MR) is 202 cm³/mol. The van der Waals surface area contributed by atoms with Crippen molar-refractivity contribution in [3.05, 3.63) is 18.2 Å². The van der Waals surface area contributed by atoms with Gasteiger partial charge in [0.15, 0.2) is 0 Å². The van der Waals surface area contributed by atoms with Gasteiger partial charge in [-0.3, -0.25) is 0 Å². The topological polar surface area (TPSA) is 8.81 Å². The molecule has 1 heterocycles. The highest BCUT2D eigenvalue weighted by Crippen LogP contribution is 2.16. The summed E-state index contributed by atoms with van der Waals surface area (Å²) in [5, 5.41) is 0. The van der Waals surface area contributed by atoms with Crippen molar-refractivity contribution in [2.75, 3.05) is 0 Å². The van der Waals surface area contributed by atoms with Crippen molar-refractivity contribution in [2.45, 2.75) is 259 Å². The van der Waals surface area contributed by atoms with Crippen LogP contribution < -0.4 is 4.57 Å². The second kappa shape index (κ2) is 34.5. The van der Waals surface area contributed by atoms with Gasteiger partial charge in [-0.25, -0.2) is 9.13 Å². The van der Waals surface area contributed by atoms with Crippen LogP contribution in [0.25, 0.3) is 0 Å². The van der Waals surface area contributed by atoms with Gasteiger partial charge in [0.25, 0.3) is 5.82 Å². The average molecular weight is 630 g/mol. The van der Waals surface area contributed by atoms with E-state index < -0.39 is 0 Å². The fraction of sp³-hybridized carbons (Fsp3) is 0.930. The second-order valence-electron chi connectivity index (χ2n) is 14.8. The highest BCUT2D eigenvalue weighted by atomic mass is 15.1. The zero-order chi connectivity index (χ0) is 32.3. The molecule has 0 bridgehead atoms. The van der Waals surface area contributed by atoms with E-state index in [4.69, 9.17) is 0 Å². The Morgan fingerprint density at radius 3 is 1.07 bits per heavy atom. The van der Waals surface area contributed by atoms with E-state index in [1.807, 2.05) is 0 Å². The number of rotatable bonds is 37. The smallest absolute Gasteiger partial charge is 0.234 e. The van der Waals surface area contributed by atoms with Gasteiger partial charge in [0, 0.05) is 6.42 Å². The first-order valence-electron chi connectivity index (χ1n) is 21.4. The molecule has 0 amide bonds. The highest BCUT2D eigenvalue weighted by Gasteiger charge is 2.16. The summed E-state index contributed by atoms with van der Waals surface area (Å²) in [5.74, 6) is 1.62. The summed E-state index contributed by atoms with van der Waals surface area (Å²) >= 11 is 0. The molecule has 0 saturated carbocycles. The summed E-state index contributed by atoms with van der Waals surface area (Å²) in [6.45, 7) is 9.41. The first-order valence-corrected chi connectivity index (χ1v) is 21.4. The molecule has 266 valence electrons. The van der Waals surface area contributed by atoms with Gasteiger partial charge in [-0.15, -0.1) is 0 Å². The molecule has 0 aliphatic rings. The van der Waals surface area contributed by atoms with E-state index in [0.29, 0.717) is 0 Å². The van der Waals surface area contributed by atoms with Gasteiger partial charge in [0.05, 0.1) is 13.1 Å². The lowest BCUT2D eigenvalue weighted by Gasteiger charge is -2.07. The van der Waals surface area contributed by atoms with Crippen LogP contribution in [0.3, 0.4) is 0 Å². The lowest BCUT2D eigenvalue weighted by Crippen LogP contribution is -2.37. The van der Waals surface area contributed by atoms with Crippen LogP contribution in [0.1, 0.15) is 245 Å². The Hall–Kier alpha value is -0.790. The minimum Gasteiger partial charge on any atom is -0.234 e. The van der Waals surface area contributed by atoms with E-state index in [1.165, 1.54) is 238 Å². The quantitative estimate of drug-likeness (QED) is 0.0511. The molecule has 2 nitrogen and oxygen atoms in total. The molecule has 0 N–H and O–H groups in total. The van der Waals surface area contributed by atoms with E-state index in [1.54, 1.807) is 5.82 Å². The van der Waals surface area contributed by atoms with Gasteiger partial charge in [-0.05, 0) is 32.1 Å². The number of imidazole rings is 1. The van der Waals surface area contributed by atoms with Crippen molar-refractivity contribution < 1.29 is 4.57 Å². The average Bonchev–Trinajstić information content (AvgIpc) is 3.43. The standard InChI is InChI=1S/C43H85N2/c1-4-7-10-13-16-18-20-22-23-25-27-29-32-35-38-43-44(39-36-33-30-15-12-9-6-3)41-42-45(43)40-37-34-31-28-26-24-21-19-17-14-11-8-5-2/h41-42H,4-40H2,1-3H3/q+1. The molecule has 0 radical (unpaired) electrons. The molecule has 45 heavy (non-hydrogen) atoms. The Kier molecular flexibility index (Phi) is 32.4. The molecule has 1 aromatic heterocycles. The SMILES string of the molecule is CCCCCCCCCCCCCCCCc1n(CCCCCCCCC)cc[n+]1CCCCCCCCCCCCCCC. The van der Waals surface area contributed by atoms with Gasteiger partial charge in [0.1, 0.15) is 12.4 Å². The minimum absolute atomic E-state index is 1.23. The van der Waals surface area contributed by atoms with Crippen LogP contribution in [0.2, 0.25) is 0 Å². The van der Waals surface area contributed by atoms with E-state index in [2.05, 4.69) is 42.3 Å². The molecule has 0 aliphatic carbocycles. The van der Waals surface area contributed by atoms with Crippen LogP contribution in [0.15, 0.2) is 12.4 Å². The molecule has 1 aromatic rings. The second-order valence-corrected chi connectivity index (χ2v) is 14.8. The Morgan fingerprint density at radius 1 is 0.378 bits per heavy atom. The maximum Gasteiger partial charge on any atom is 0.256 e. The summed E-state index contributed by atoms with van der Waals surface area (Å²) in [4.78, 5) is 0. The molecule has 1 rings (SSSR count). The van der Waals surface area contributed by atoms with Crippen molar-refractivity contribution in [3.8, 4) is 0 Å². The summed E-state index contributed by atoms with van der Waals surface area (Å²) in [6, 6.07) is 0. The predicted octanol–water partition coefficient (Wildman–Crippen LogP) is 14.6. The molecular formula is C43H85N2+. The first-order chi connectivity index (χ1) is 22.3. The van der Waals surface area contributed by atoms with Crippen LogP contribution in [-0.2, 0) is 19.5 Å². The van der Waals surface area contributed by atoms with Crippen molar-refractivity contribution >= 4 is 0 Å². The highest BCUT2D eigenvalue weighted by molar-refractivity contribution is 4.84. The third kappa shape index (κ3) is 26.9. The van der Waals surface area contributed by atoms with Gasteiger partial charge in [-0.2, -0.15) is 0 Å². The van der Waals surface area contributed by atoms with E-state index in [9.17, 15) is 0 Å². The van der Waals surface area contributed by atoms with Crippen LogP contribution in [0.4, 0.5) is 0 Å².